The van der Waals surface area contributed by atoms with Gasteiger partial charge in [0.2, 0.25) is 0 Å². The minimum Gasteiger partial charge on any atom is -0.506 e. The maximum atomic E-state index is 12.9. The molecule has 1 aliphatic rings. The Morgan fingerprint density at radius 3 is 2.43 bits per heavy atom. The van der Waals surface area contributed by atoms with Gasteiger partial charge in [-0.25, -0.2) is 0 Å². The van der Waals surface area contributed by atoms with Gasteiger partial charge < -0.3 is 15.7 Å². The van der Waals surface area contributed by atoms with Gasteiger partial charge >= 0.3 is 0 Å². The first-order valence-electron chi connectivity index (χ1n) is 10.0. The Kier molecular flexibility index (Phi) is 5.48. The number of carbonyl (C=O) groups is 1. The Hall–Kier alpha value is -3.67. The van der Waals surface area contributed by atoms with Crippen LogP contribution in [0.25, 0.3) is 11.3 Å². The first-order valence-corrected chi connectivity index (χ1v) is 10.0. The van der Waals surface area contributed by atoms with Gasteiger partial charge in [0.05, 0.1) is 0 Å². The molecule has 0 unspecified atom stereocenters. The third-order valence-electron chi connectivity index (χ3n) is 5.64. The second-order valence-electron chi connectivity index (χ2n) is 7.55. The van der Waals surface area contributed by atoms with Gasteiger partial charge in [-0.15, -0.1) is 0 Å². The van der Waals surface area contributed by atoms with Crippen LogP contribution in [0.15, 0.2) is 66.9 Å². The first-order chi connectivity index (χ1) is 14.5. The van der Waals surface area contributed by atoms with E-state index >= 15 is 0 Å². The average Bonchev–Trinajstić information content (AvgIpc) is 2.79. The predicted octanol–water partition coefficient (Wildman–Crippen LogP) is 3.76. The topological polar surface area (TPSA) is 103 Å². The summed E-state index contributed by atoms with van der Waals surface area (Å²) in [7, 11) is 0. The molecule has 0 saturated carbocycles. The summed E-state index contributed by atoms with van der Waals surface area (Å²) in [5.74, 6) is 0.574. The molecule has 1 fully saturated rings. The number of nitrogens with one attached hydrogen (secondary N) is 1. The van der Waals surface area contributed by atoms with Crippen LogP contribution in [0, 0.1) is 5.41 Å². The molecule has 3 aromatic rings. The van der Waals surface area contributed by atoms with Gasteiger partial charge in [0, 0.05) is 36.0 Å². The van der Waals surface area contributed by atoms with E-state index in [1.165, 1.54) is 5.56 Å². The number of nitrogens with zero attached hydrogens (tertiary/aromatic N) is 2. The molecule has 2 aromatic carbocycles. The summed E-state index contributed by atoms with van der Waals surface area (Å²) in [6.45, 7) is 1.38. The third kappa shape index (κ3) is 4.03. The fourth-order valence-corrected chi connectivity index (χ4v) is 3.95. The predicted molar refractivity (Wildman–Crippen MR) is 117 cm³/mol. The highest BCUT2D eigenvalue weighted by molar-refractivity contribution is 5.95. The van der Waals surface area contributed by atoms with Crippen molar-refractivity contribution in [2.45, 2.75) is 18.8 Å². The smallest absolute Gasteiger partial charge is 0.253 e. The standard InChI is InChI=1S/C24H24N4O2/c25-23(26)20-4-1-3-19(15-20)16-10-13-28(14-11-16)24(30)18-8-6-17(7-9-18)22-21(29)5-2-12-27-22/h1-9,12,15-16,29H,10-11,13-14H2,(H3,25,26). The van der Waals surface area contributed by atoms with E-state index in [1.54, 1.807) is 30.5 Å². The van der Waals surface area contributed by atoms with Crippen LogP contribution in [0.3, 0.4) is 0 Å². The zero-order chi connectivity index (χ0) is 21.1. The van der Waals surface area contributed by atoms with E-state index in [-0.39, 0.29) is 17.5 Å². The van der Waals surface area contributed by atoms with Crippen LogP contribution in [-0.2, 0) is 0 Å². The van der Waals surface area contributed by atoms with Crippen molar-refractivity contribution in [2.75, 3.05) is 13.1 Å². The summed E-state index contributed by atoms with van der Waals surface area (Å²) in [5.41, 5.74) is 9.43. The molecule has 4 rings (SSSR count). The molecule has 1 aliphatic heterocycles. The number of aromatic hydroxyl groups is 1. The Bertz CT molecular complexity index is 1070. The first kappa shape index (κ1) is 19.6. The Morgan fingerprint density at radius 1 is 1.03 bits per heavy atom. The molecule has 0 radical (unpaired) electrons. The normalized spacial score (nSPS) is 14.5. The molecule has 1 saturated heterocycles. The summed E-state index contributed by atoms with van der Waals surface area (Å²) >= 11 is 0. The maximum Gasteiger partial charge on any atom is 0.253 e. The van der Waals surface area contributed by atoms with Crippen LogP contribution in [0.4, 0.5) is 0 Å². The van der Waals surface area contributed by atoms with E-state index in [9.17, 15) is 9.90 Å². The number of hydrogen-bond acceptors (Lipinski definition) is 4. The van der Waals surface area contributed by atoms with Gasteiger partial charge in [-0.1, -0.05) is 30.3 Å². The number of amidine groups is 1. The molecular weight excluding hydrogens is 376 g/mol. The molecule has 4 N–H and O–H groups in total. The summed E-state index contributed by atoms with van der Waals surface area (Å²) in [5, 5.41) is 17.6. The van der Waals surface area contributed by atoms with Crippen molar-refractivity contribution in [1.82, 2.24) is 9.88 Å². The fourth-order valence-electron chi connectivity index (χ4n) is 3.95. The van der Waals surface area contributed by atoms with Crippen LogP contribution >= 0.6 is 0 Å². The van der Waals surface area contributed by atoms with Crippen LogP contribution in [0.1, 0.15) is 40.2 Å². The Labute approximate surface area is 175 Å². The van der Waals surface area contributed by atoms with Crippen molar-refractivity contribution in [2.24, 2.45) is 5.73 Å². The molecule has 0 bridgehead atoms. The number of likely N-dealkylation sites (tertiary alicyclic amines) is 1. The Balaban J connectivity index is 1.41. The molecule has 1 amide bonds. The summed E-state index contributed by atoms with van der Waals surface area (Å²) in [4.78, 5) is 19.0. The number of hydrogen-bond donors (Lipinski definition) is 3. The van der Waals surface area contributed by atoms with Gasteiger partial charge in [0.25, 0.3) is 5.91 Å². The fraction of sp³-hybridized carbons (Fsp3) is 0.208. The molecule has 0 atom stereocenters. The van der Waals surface area contributed by atoms with E-state index < -0.39 is 0 Å². The lowest BCUT2D eigenvalue weighted by Crippen LogP contribution is -2.37. The minimum atomic E-state index is 0.0164. The SMILES string of the molecule is N=C(N)c1cccc(C2CCN(C(=O)c3ccc(-c4ncccc4O)cc3)CC2)c1. The van der Waals surface area contributed by atoms with Gasteiger partial charge in [-0.2, -0.15) is 0 Å². The van der Waals surface area contributed by atoms with Crippen LogP contribution in [0.5, 0.6) is 5.75 Å². The van der Waals surface area contributed by atoms with Crippen molar-refractivity contribution in [3.8, 4) is 17.0 Å². The van der Waals surface area contributed by atoms with E-state index in [0.29, 0.717) is 30.3 Å². The molecule has 0 aliphatic carbocycles. The number of carbonyl (C=O) groups excluding carboxylic acids is 1. The number of nitrogens with two attached hydrogens (primary N) is 1. The maximum absolute atomic E-state index is 12.9. The van der Waals surface area contributed by atoms with Crippen molar-refractivity contribution in [1.29, 1.82) is 5.41 Å². The number of piperidine rings is 1. The number of amides is 1. The number of aromatic nitrogens is 1. The van der Waals surface area contributed by atoms with Crippen LogP contribution in [-0.4, -0.2) is 39.8 Å². The minimum absolute atomic E-state index is 0.0164. The van der Waals surface area contributed by atoms with E-state index in [0.717, 1.165) is 24.0 Å². The van der Waals surface area contributed by atoms with Crippen molar-refractivity contribution >= 4 is 11.7 Å². The third-order valence-corrected chi connectivity index (χ3v) is 5.64. The molecule has 0 spiro atoms. The molecule has 152 valence electrons. The highest BCUT2D eigenvalue weighted by Crippen LogP contribution is 2.30. The van der Waals surface area contributed by atoms with E-state index in [1.807, 2.05) is 35.2 Å². The number of benzene rings is 2. The lowest BCUT2D eigenvalue weighted by molar-refractivity contribution is 0.0713. The molecule has 1 aromatic heterocycles. The highest BCUT2D eigenvalue weighted by atomic mass is 16.3. The lowest BCUT2D eigenvalue weighted by Gasteiger charge is -2.32. The molecule has 6 nitrogen and oxygen atoms in total. The second kappa shape index (κ2) is 8.37. The average molecular weight is 400 g/mol. The number of pyridine rings is 1. The Morgan fingerprint density at radius 2 is 1.77 bits per heavy atom. The monoisotopic (exact) mass is 400 g/mol. The van der Waals surface area contributed by atoms with Crippen molar-refractivity contribution in [3.63, 3.8) is 0 Å². The second-order valence-corrected chi connectivity index (χ2v) is 7.55. The largest absolute Gasteiger partial charge is 0.506 e. The zero-order valence-corrected chi connectivity index (χ0v) is 16.6. The van der Waals surface area contributed by atoms with Crippen molar-refractivity contribution in [3.05, 3.63) is 83.6 Å². The van der Waals surface area contributed by atoms with Gasteiger partial charge in [-0.3, -0.25) is 15.2 Å². The molecule has 30 heavy (non-hydrogen) atoms. The quantitative estimate of drug-likeness (QED) is 0.458. The van der Waals surface area contributed by atoms with E-state index in [2.05, 4.69) is 11.1 Å². The summed E-state index contributed by atoms with van der Waals surface area (Å²) in [6, 6.07) is 18.3. The summed E-state index contributed by atoms with van der Waals surface area (Å²) in [6.07, 6.45) is 3.39. The lowest BCUT2D eigenvalue weighted by atomic mass is 9.88. The number of nitrogen functional groups attached to an aromatic ring is 1. The van der Waals surface area contributed by atoms with E-state index in [4.69, 9.17) is 11.1 Å². The summed E-state index contributed by atoms with van der Waals surface area (Å²) < 4.78 is 0. The van der Waals surface area contributed by atoms with Gasteiger partial charge in [0.15, 0.2) is 0 Å². The van der Waals surface area contributed by atoms with Gasteiger partial charge in [0.1, 0.15) is 17.3 Å². The zero-order valence-electron chi connectivity index (χ0n) is 16.6. The highest BCUT2D eigenvalue weighted by Gasteiger charge is 2.25. The van der Waals surface area contributed by atoms with Crippen LogP contribution in [0.2, 0.25) is 0 Å². The molecule has 2 heterocycles. The van der Waals surface area contributed by atoms with Crippen LogP contribution < -0.4 is 5.73 Å². The number of rotatable bonds is 4. The van der Waals surface area contributed by atoms with Gasteiger partial charge in [-0.05, 0) is 54.7 Å². The van der Waals surface area contributed by atoms with Crippen molar-refractivity contribution < 1.29 is 9.90 Å². The molecular formula is C24H24N4O2. The molecule has 6 heteroatoms.